The monoisotopic (exact) mass is 289 g/mol. The molecule has 0 amide bonds. The van der Waals surface area contributed by atoms with E-state index in [1.165, 1.54) is 0 Å². The van der Waals surface area contributed by atoms with Crippen molar-refractivity contribution in [3.63, 3.8) is 0 Å². The summed E-state index contributed by atoms with van der Waals surface area (Å²) in [6, 6.07) is 0.231. The van der Waals surface area contributed by atoms with Gasteiger partial charge in [-0.2, -0.15) is 17.4 Å². The molecule has 0 aromatic carbocycles. The minimum atomic E-state index is -3.34. The van der Waals surface area contributed by atoms with Gasteiger partial charge in [-0.05, 0) is 44.6 Å². The molecule has 2 aliphatic heterocycles. The highest BCUT2D eigenvalue weighted by atomic mass is 32.2. The Labute approximate surface area is 117 Å². The van der Waals surface area contributed by atoms with Crippen LogP contribution in [0.15, 0.2) is 0 Å². The average molecular weight is 289 g/mol. The van der Waals surface area contributed by atoms with Crippen LogP contribution in [0, 0.1) is 11.8 Å². The van der Waals surface area contributed by atoms with Crippen molar-refractivity contribution in [2.75, 3.05) is 19.6 Å². The zero-order valence-electron chi connectivity index (χ0n) is 12.2. The van der Waals surface area contributed by atoms with Crippen LogP contribution in [0.2, 0.25) is 0 Å². The number of nitrogens with zero attached hydrogens (tertiary/aromatic N) is 1. The van der Waals surface area contributed by atoms with Crippen LogP contribution in [0.5, 0.6) is 0 Å². The molecular formula is C13H27N3O2S. The van der Waals surface area contributed by atoms with Crippen molar-refractivity contribution < 1.29 is 8.42 Å². The number of hydrogen-bond acceptors (Lipinski definition) is 3. The van der Waals surface area contributed by atoms with Crippen LogP contribution in [-0.4, -0.2) is 44.4 Å². The fourth-order valence-electron chi connectivity index (χ4n) is 3.27. The van der Waals surface area contributed by atoms with Crippen molar-refractivity contribution in [1.82, 2.24) is 14.3 Å². The highest BCUT2D eigenvalue weighted by Gasteiger charge is 2.33. The summed E-state index contributed by atoms with van der Waals surface area (Å²) in [5.41, 5.74) is 0. The van der Waals surface area contributed by atoms with E-state index in [1.54, 1.807) is 4.31 Å². The Balaban J connectivity index is 2.01. The molecule has 0 bridgehead atoms. The van der Waals surface area contributed by atoms with E-state index in [0.717, 1.165) is 25.8 Å². The van der Waals surface area contributed by atoms with Crippen LogP contribution in [0.25, 0.3) is 0 Å². The maximum atomic E-state index is 12.5. The Morgan fingerprint density at radius 2 is 1.79 bits per heavy atom. The molecule has 0 radical (unpaired) electrons. The van der Waals surface area contributed by atoms with E-state index in [2.05, 4.69) is 23.9 Å². The Morgan fingerprint density at radius 3 is 2.37 bits per heavy atom. The van der Waals surface area contributed by atoms with E-state index < -0.39 is 10.2 Å². The molecule has 112 valence electrons. The van der Waals surface area contributed by atoms with Crippen molar-refractivity contribution in [2.45, 2.75) is 52.1 Å². The first kappa shape index (κ1) is 15.2. The summed E-state index contributed by atoms with van der Waals surface area (Å²) in [6.07, 6.45) is 3.07. The maximum Gasteiger partial charge on any atom is 0.279 e. The van der Waals surface area contributed by atoms with E-state index in [9.17, 15) is 8.42 Å². The normalized spacial score (nSPS) is 38.3. The minimum Gasteiger partial charge on any atom is -0.313 e. The Morgan fingerprint density at radius 1 is 1.16 bits per heavy atom. The molecule has 0 aromatic rings. The molecule has 4 atom stereocenters. The van der Waals surface area contributed by atoms with E-state index in [-0.39, 0.29) is 12.1 Å². The molecule has 2 heterocycles. The van der Waals surface area contributed by atoms with Crippen LogP contribution in [-0.2, 0) is 10.2 Å². The molecular weight excluding hydrogens is 262 g/mol. The van der Waals surface area contributed by atoms with Crippen molar-refractivity contribution in [3.8, 4) is 0 Å². The van der Waals surface area contributed by atoms with E-state index in [4.69, 9.17) is 0 Å². The summed E-state index contributed by atoms with van der Waals surface area (Å²) in [4.78, 5) is 0. The zero-order chi connectivity index (χ0) is 14.0. The number of piperidine rings is 2. The molecule has 0 aliphatic carbocycles. The second kappa shape index (κ2) is 6.08. The predicted octanol–water partition coefficient (Wildman–Crippen LogP) is 0.939. The average Bonchev–Trinajstić information content (AvgIpc) is 2.31. The predicted molar refractivity (Wildman–Crippen MR) is 77.1 cm³/mol. The second-order valence-electron chi connectivity index (χ2n) is 6.38. The molecule has 2 fully saturated rings. The number of rotatable bonds is 3. The molecule has 19 heavy (non-hydrogen) atoms. The molecule has 2 aliphatic rings. The van der Waals surface area contributed by atoms with Gasteiger partial charge in [-0.1, -0.05) is 13.8 Å². The summed E-state index contributed by atoms with van der Waals surface area (Å²) in [5, 5.41) is 3.33. The van der Waals surface area contributed by atoms with Gasteiger partial charge in [0.15, 0.2) is 0 Å². The van der Waals surface area contributed by atoms with Crippen molar-refractivity contribution in [3.05, 3.63) is 0 Å². The molecule has 2 rings (SSSR count). The highest BCUT2D eigenvalue weighted by Crippen LogP contribution is 2.23. The van der Waals surface area contributed by atoms with Crippen molar-refractivity contribution in [1.29, 1.82) is 0 Å². The quantitative estimate of drug-likeness (QED) is 0.813. The topological polar surface area (TPSA) is 61.4 Å². The van der Waals surface area contributed by atoms with Crippen molar-refractivity contribution >= 4 is 10.2 Å². The third-order valence-electron chi connectivity index (χ3n) is 4.24. The Hall–Kier alpha value is -0.170. The molecule has 2 N–H and O–H groups in total. The lowest BCUT2D eigenvalue weighted by Crippen LogP contribution is -2.56. The first-order valence-electron chi connectivity index (χ1n) is 7.39. The van der Waals surface area contributed by atoms with Crippen LogP contribution in [0.1, 0.15) is 40.0 Å². The molecule has 0 spiro atoms. The van der Waals surface area contributed by atoms with Gasteiger partial charge in [-0.15, -0.1) is 0 Å². The number of hydrogen-bond donors (Lipinski definition) is 2. The molecule has 5 nitrogen and oxygen atoms in total. The zero-order valence-corrected chi connectivity index (χ0v) is 13.0. The molecule has 2 saturated heterocycles. The van der Waals surface area contributed by atoms with Gasteiger partial charge >= 0.3 is 0 Å². The van der Waals surface area contributed by atoms with E-state index in [0.29, 0.717) is 24.9 Å². The van der Waals surface area contributed by atoms with E-state index in [1.807, 2.05) is 6.92 Å². The standard InChI is InChI=1S/C13H27N3O2S/c1-10-7-11(2)9-16(8-10)19(17,18)15-13-5-4-6-14-12(13)3/h10-15H,4-9H2,1-3H3. The smallest absolute Gasteiger partial charge is 0.279 e. The van der Waals surface area contributed by atoms with E-state index >= 15 is 0 Å². The summed E-state index contributed by atoms with van der Waals surface area (Å²) < 4.78 is 29.5. The fourth-order valence-corrected chi connectivity index (χ4v) is 5.03. The van der Waals surface area contributed by atoms with Crippen LogP contribution in [0.4, 0.5) is 0 Å². The van der Waals surface area contributed by atoms with Gasteiger partial charge in [0.25, 0.3) is 10.2 Å². The van der Waals surface area contributed by atoms with Crippen LogP contribution >= 0.6 is 0 Å². The van der Waals surface area contributed by atoms with Gasteiger partial charge in [0.05, 0.1) is 0 Å². The van der Waals surface area contributed by atoms with Crippen LogP contribution in [0.3, 0.4) is 0 Å². The summed E-state index contributed by atoms with van der Waals surface area (Å²) >= 11 is 0. The second-order valence-corrected chi connectivity index (χ2v) is 8.08. The molecule has 4 unspecified atom stereocenters. The fraction of sp³-hybridized carbons (Fsp3) is 1.00. The Kier molecular flexibility index (Phi) is 4.87. The van der Waals surface area contributed by atoms with Gasteiger partial charge in [0.2, 0.25) is 0 Å². The largest absolute Gasteiger partial charge is 0.313 e. The first-order valence-corrected chi connectivity index (χ1v) is 8.83. The molecule has 6 heteroatoms. The summed E-state index contributed by atoms with van der Waals surface area (Å²) in [5.74, 6) is 0.893. The van der Waals surface area contributed by atoms with Gasteiger partial charge in [-0.25, -0.2) is 0 Å². The lowest BCUT2D eigenvalue weighted by atomic mass is 9.94. The molecule has 0 aromatic heterocycles. The number of nitrogens with one attached hydrogen (secondary N) is 2. The first-order chi connectivity index (χ1) is 8.88. The maximum absolute atomic E-state index is 12.5. The lowest BCUT2D eigenvalue weighted by molar-refractivity contribution is 0.217. The minimum absolute atomic E-state index is 0.0197. The van der Waals surface area contributed by atoms with Crippen LogP contribution < -0.4 is 10.0 Å². The highest BCUT2D eigenvalue weighted by molar-refractivity contribution is 7.87. The van der Waals surface area contributed by atoms with Gasteiger partial charge in [0.1, 0.15) is 0 Å². The summed E-state index contributed by atoms with van der Waals surface area (Å²) in [7, 11) is -3.34. The third-order valence-corrected chi connectivity index (χ3v) is 5.82. The molecule has 0 saturated carbocycles. The SMILES string of the molecule is CC1CC(C)CN(S(=O)(=O)NC2CCCNC2C)C1. The van der Waals surface area contributed by atoms with Gasteiger partial charge in [-0.3, -0.25) is 0 Å². The summed E-state index contributed by atoms with van der Waals surface area (Å²) in [6.45, 7) is 8.58. The van der Waals surface area contributed by atoms with Gasteiger partial charge in [0, 0.05) is 25.2 Å². The lowest BCUT2D eigenvalue weighted by Gasteiger charge is -2.37. The van der Waals surface area contributed by atoms with Gasteiger partial charge < -0.3 is 5.32 Å². The third kappa shape index (κ3) is 3.90. The Bertz CT molecular complexity index is 389. The van der Waals surface area contributed by atoms with Crippen molar-refractivity contribution in [2.24, 2.45) is 11.8 Å².